The molecule has 0 saturated carbocycles. The van der Waals surface area contributed by atoms with E-state index >= 15 is 0 Å². The van der Waals surface area contributed by atoms with E-state index in [0.29, 0.717) is 0 Å². The van der Waals surface area contributed by atoms with Gasteiger partial charge in [-0.1, -0.05) is 19.8 Å². The van der Waals surface area contributed by atoms with Gasteiger partial charge in [0.2, 0.25) is 5.91 Å². The summed E-state index contributed by atoms with van der Waals surface area (Å²) in [5.74, 6) is 0.416. The van der Waals surface area contributed by atoms with E-state index in [-0.39, 0.29) is 11.8 Å². The standard InChI is InChI=1S/C17H27N3O/c1-2-3-4-11-19-17(21)14-9-12-20(13-10-14)16-7-5-15(18)6-8-16/h5-8,14H,2-4,9-13,18H2,1H3,(H,19,21). The lowest BCUT2D eigenvalue weighted by Crippen LogP contribution is -2.40. The van der Waals surface area contributed by atoms with Crippen molar-refractivity contribution in [3.63, 3.8) is 0 Å². The minimum absolute atomic E-state index is 0.177. The number of nitrogen functional groups attached to an aromatic ring is 1. The van der Waals surface area contributed by atoms with Gasteiger partial charge in [0, 0.05) is 36.9 Å². The Balaban J connectivity index is 1.75. The summed E-state index contributed by atoms with van der Waals surface area (Å²) in [5.41, 5.74) is 7.71. The minimum Gasteiger partial charge on any atom is -0.399 e. The minimum atomic E-state index is 0.177. The summed E-state index contributed by atoms with van der Waals surface area (Å²) in [4.78, 5) is 14.4. The molecular formula is C17H27N3O. The number of carbonyl (C=O) groups excluding carboxylic acids is 1. The molecule has 0 aliphatic carbocycles. The molecule has 0 radical (unpaired) electrons. The molecule has 1 fully saturated rings. The van der Waals surface area contributed by atoms with Crippen molar-refractivity contribution >= 4 is 17.3 Å². The van der Waals surface area contributed by atoms with Crippen LogP contribution in [0.25, 0.3) is 0 Å². The lowest BCUT2D eigenvalue weighted by atomic mass is 9.95. The largest absolute Gasteiger partial charge is 0.399 e. The predicted octanol–water partition coefficient (Wildman–Crippen LogP) is 2.79. The first-order valence-electron chi connectivity index (χ1n) is 8.09. The first-order valence-corrected chi connectivity index (χ1v) is 8.09. The van der Waals surface area contributed by atoms with Gasteiger partial charge in [-0.05, 0) is 43.5 Å². The van der Waals surface area contributed by atoms with Crippen molar-refractivity contribution in [3.8, 4) is 0 Å². The normalized spacial score (nSPS) is 16.0. The van der Waals surface area contributed by atoms with Gasteiger partial charge in [-0.15, -0.1) is 0 Å². The molecule has 1 aliphatic heterocycles. The number of nitrogens with zero attached hydrogens (tertiary/aromatic N) is 1. The average molecular weight is 289 g/mol. The number of nitrogens with two attached hydrogens (primary N) is 1. The van der Waals surface area contributed by atoms with E-state index in [2.05, 4.69) is 29.3 Å². The molecular weight excluding hydrogens is 262 g/mol. The number of carbonyl (C=O) groups is 1. The highest BCUT2D eigenvalue weighted by Crippen LogP contribution is 2.24. The van der Waals surface area contributed by atoms with E-state index in [0.717, 1.165) is 44.6 Å². The Bertz CT molecular complexity index is 436. The lowest BCUT2D eigenvalue weighted by Gasteiger charge is -2.33. The molecule has 1 heterocycles. The Morgan fingerprint density at radius 2 is 1.90 bits per heavy atom. The highest BCUT2D eigenvalue weighted by molar-refractivity contribution is 5.79. The Hall–Kier alpha value is -1.71. The highest BCUT2D eigenvalue weighted by Gasteiger charge is 2.24. The number of unbranched alkanes of at least 4 members (excludes halogenated alkanes) is 2. The molecule has 3 N–H and O–H groups in total. The summed E-state index contributed by atoms with van der Waals surface area (Å²) >= 11 is 0. The maximum atomic E-state index is 12.1. The number of hydrogen-bond donors (Lipinski definition) is 2. The van der Waals surface area contributed by atoms with E-state index in [1.54, 1.807) is 0 Å². The fraction of sp³-hybridized carbons (Fsp3) is 0.588. The van der Waals surface area contributed by atoms with Crippen molar-refractivity contribution in [1.29, 1.82) is 0 Å². The molecule has 0 bridgehead atoms. The summed E-state index contributed by atoms with van der Waals surface area (Å²) in [6, 6.07) is 7.98. The van der Waals surface area contributed by atoms with E-state index in [1.165, 1.54) is 18.5 Å². The van der Waals surface area contributed by atoms with Gasteiger partial charge in [0.15, 0.2) is 0 Å². The molecule has 1 saturated heterocycles. The Labute approximate surface area is 127 Å². The van der Waals surface area contributed by atoms with Crippen LogP contribution in [0.4, 0.5) is 11.4 Å². The van der Waals surface area contributed by atoms with Gasteiger partial charge in [0.1, 0.15) is 0 Å². The van der Waals surface area contributed by atoms with E-state index in [4.69, 9.17) is 5.73 Å². The van der Waals surface area contributed by atoms with Gasteiger partial charge in [0.05, 0.1) is 0 Å². The molecule has 4 heteroatoms. The third kappa shape index (κ3) is 4.66. The molecule has 116 valence electrons. The number of benzene rings is 1. The van der Waals surface area contributed by atoms with E-state index in [9.17, 15) is 4.79 Å². The third-order valence-corrected chi connectivity index (χ3v) is 4.20. The molecule has 1 aromatic rings. The van der Waals surface area contributed by atoms with Gasteiger partial charge in [-0.25, -0.2) is 0 Å². The lowest BCUT2D eigenvalue weighted by molar-refractivity contribution is -0.125. The number of rotatable bonds is 6. The Morgan fingerprint density at radius 1 is 1.24 bits per heavy atom. The Kier molecular flexibility index (Phi) is 5.90. The first-order chi connectivity index (χ1) is 10.2. The molecule has 1 aromatic carbocycles. The number of hydrogen-bond acceptors (Lipinski definition) is 3. The van der Waals surface area contributed by atoms with Crippen LogP contribution in [0, 0.1) is 5.92 Å². The van der Waals surface area contributed by atoms with Crippen LogP contribution in [0.5, 0.6) is 0 Å². The second kappa shape index (κ2) is 7.91. The van der Waals surface area contributed by atoms with Crippen LogP contribution in [0.1, 0.15) is 39.0 Å². The van der Waals surface area contributed by atoms with Crippen molar-refractivity contribution in [2.75, 3.05) is 30.3 Å². The molecule has 2 rings (SSSR count). The van der Waals surface area contributed by atoms with Crippen molar-refractivity contribution in [1.82, 2.24) is 5.32 Å². The van der Waals surface area contributed by atoms with Gasteiger partial charge in [0.25, 0.3) is 0 Å². The second-order valence-corrected chi connectivity index (χ2v) is 5.85. The number of nitrogens with one attached hydrogen (secondary N) is 1. The molecule has 0 aromatic heterocycles. The zero-order valence-electron chi connectivity index (χ0n) is 13.0. The fourth-order valence-electron chi connectivity index (χ4n) is 2.82. The zero-order chi connectivity index (χ0) is 15.1. The van der Waals surface area contributed by atoms with E-state index in [1.807, 2.05) is 12.1 Å². The number of amides is 1. The summed E-state index contributed by atoms with van der Waals surface area (Å²) in [6.45, 7) is 4.88. The van der Waals surface area contributed by atoms with Gasteiger partial charge >= 0.3 is 0 Å². The van der Waals surface area contributed by atoms with Crippen molar-refractivity contribution in [2.45, 2.75) is 39.0 Å². The van der Waals surface area contributed by atoms with Gasteiger partial charge in [-0.3, -0.25) is 4.79 Å². The Morgan fingerprint density at radius 3 is 2.52 bits per heavy atom. The topological polar surface area (TPSA) is 58.4 Å². The molecule has 0 atom stereocenters. The van der Waals surface area contributed by atoms with Crippen molar-refractivity contribution in [2.24, 2.45) is 5.92 Å². The van der Waals surface area contributed by atoms with Crippen LogP contribution in [-0.4, -0.2) is 25.5 Å². The highest BCUT2D eigenvalue weighted by atomic mass is 16.1. The van der Waals surface area contributed by atoms with Crippen LogP contribution in [-0.2, 0) is 4.79 Å². The predicted molar refractivity (Wildman–Crippen MR) is 88.3 cm³/mol. The summed E-state index contributed by atoms with van der Waals surface area (Å²) in [5, 5.41) is 3.08. The van der Waals surface area contributed by atoms with Crippen molar-refractivity contribution < 1.29 is 4.79 Å². The smallest absolute Gasteiger partial charge is 0.223 e. The van der Waals surface area contributed by atoms with Crippen LogP contribution in [0.15, 0.2) is 24.3 Å². The first kappa shape index (κ1) is 15.7. The summed E-state index contributed by atoms with van der Waals surface area (Å²) in [6.07, 6.45) is 5.34. The fourth-order valence-corrected chi connectivity index (χ4v) is 2.82. The molecule has 1 amide bonds. The SMILES string of the molecule is CCCCCNC(=O)C1CCN(c2ccc(N)cc2)CC1. The average Bonchev–Trinajstić information content (AvgIpc) is 2.52. The van der Waals surface area contributed by atoms with Crippen LogP contribution >= 0.6 is 0 Å². The quantitative estimate of drug-likeness (QED) is 0.625. The number of anilines is 2. The second-order valence-electron chi connectivity index (χ2n) is 5.85. The summed E-state index contributed by atoms with van der Waals surface area (Å²) < 4.78 is 0. The zero-order valence-corrected chi connectivity index (χ0v) is 13.0. The number of piperidine rings is 1. The van der Waals surface area contributed by atoms with Crippen LogP contribution in [0.2, 0.25) is 0 Å². The van der Waals surface area contributed by atoms with Gasteiger partial charge in [-0.2, -0.15) is 0 Å². The maximum absolute atomic E-state index is 12.1. The monoisotopic (exact) mass is 289 g/mol. The molecule has 0 spiro atoms. The van der Waals surface area contributed by atoms with Crippen LogP contribution < -0.4 is 16.0 Å². The molecule has 4 nitrogen and oxygen atoms in total. The molecule has 1 aliphatic rings. The molecule has 21 heavy (non-hydrogen) atoms. The summed E-state index contributed by atoms with van der Waals surface area (Å²) in [7, 11) is 0. The molecule has 0 unspecified atom stereocenters. The van der Waals surface area contributed by atoms with Crippen LogP contribution in [0.3, 0.4) is 0 Å². The maximum Gasteiger partial charge on any atom is 0.223 e. The van der Waals surface area contributed by atoms with E-state index < -0.39 is 0 Å². The van der Waals surface area contributed by atoms with Gasteiger partial charge < -0.3 is 16.0 Å². The third-order valence-electron chi connectivity index (χ3n) is 4.20. The van der Waals surface area contributed by atoms with Crippen molar-refractivity contribution in [3.05, 3.63) is 24.3 Å².